The van der Waals surface area contributed by atoms with Gasteiger partial charge in [-0.2, -0.15) is 0 Å². The molecule has 1 fully saturated rings. The molecule has 156 valence electrons. The minimum absolute atomic E-state index is 0.0247. The SMILES string of the molecule is Cc1ccc(CNC(=O)C2CCN(S(=O)(=O)Cc3ccc(Cl)cc3Cl)CC2)cc1. The first kappa shape index (κ1) is 22.1. The zero-order chi connectivity index (χ0) is 21.0. The van der Waals surface area contributed by atoms with Crippen LogP contribution in [0.5, 0.6) is 0 Å². The van der Waals surface area contributed by atoms with Crippen LogP contribution in [0.3, 0.4) is 0 Å². The van der Waals surface area contributed by atoms with Gasteiger partial charge in [0.15, 0.2) is 0 Å². The third-order valence-electron chi connectivity index (χ3n) is 5.16. The minimum Gasteiger partial charge on any atom is -0.352 e. The van der Waals surface area contributed by atoms with E-state index in [9.17, 15) is 13.2 Å². The second-order valence-corrected chi connectivity index (χ2v) is 10.2. The van der Waals surface area contributed by atoms with E-state index in [4.69, 9.17) is 23.2 Å². The zero-order valence-corrected chi connectivity index (χ0v) is 18.5. The monoisotopic (exact) mass is 454 g/mol. The van der Waals surface area contributed by atoms with Gasteiger partial charge < -0.3 is 5.32 Å². The third-order valence-corrected chi connectivity index (χ3v) is 7.57. The summed E-state index contributed by atoms with van der Waals surface area (Å²) in [4.78, 5) is 12.5. The second kappa shape index (κ2) is 9.47. The summed E-state index contributed by atoms with van der Waals surface area (Å²) in [5, 5.41) is 3.76. The molecule has 3 rings (SSSR count). The predicted molar refractivity (Wildman–Crippen MR) is 116 cm³/mol. The van der Waals surface area contributed by atoms with E-state index in [1.54, 1.807) is 18.2 Å². The summed E-state index contributed by atoms with van der Waals surface area (Å²) < 4.78 is 26.9. The second-order valence-electron chi connectivity index (χ2n) is 7.37. The number of carbonyl (C=O) groups excluding carboxylic acids is 1. The van der Waals surface area contributed by atoms with E-state index in [2.05, 4.69) is 5.32 Å². The molecule has 8 heteroatoms. The van der Waals surface area contributed by atoms with Crippen LogP contribution < -0.4 is 5.32 Å². The molecule has 29 heavy (non-hydrogen) atoms. The van der Waals surface area contributed by atoms with E-state index in [0.29, 0.717) is 48.1 Å². The smallest absolute Gasteiger partial charge is 0.223 e. The quantitative estimate of drug-likeness (QED) is 0.712. The Morgan fingerprint density at radius 1 is 1.10 bits per heavy atom. The molecule has 2 aromatic carbocycles. The first-order valence-electron chi connectivity index (χ1n) is 9.49. The largest absolute Gasteiger partial charge is 0.352 e. The first-order valence-corrected chi connectivity index (χ1v) is 11.9. The van der Waals surface area contributed by atoms with Crippen LogP contribution in [-0.2, 0) is 27.1 Å². The first-order chi connectivity index (χ1) is 13.7. The number of sulfonamides is 1. The van der Waals surface area contributed by atoms with Crippen LogP contribution in [0.15, 0.2) is 42.5 Å². The van der Waals surface area contributed by atoms with Gasteiger partial charge in [-0.05, 0) is 43.0 Å². The van der Waals surface area contributed by atoms with Crippen molar-refractivity contribution in [2.45, 2.75) is 32.1 Å². The number of piperidine rings is 1. The number of hydrogen-bond donors (Lipinski definition) is 1. The molecule has 0 aliphatic carbocycles. The van der Waals surface area contributed by atoms with Gasteiger partial charge >= 0.3 is 0 Å². The van der Waals surface area contributed by atoms with E-state index >= 15 is 0 Å². The van der Waals surface area contributed by atoms with E-state index in [0.717, 1.165) is 5.56 Å². The molecule has 1 aliphatic heterocycles. The summed E-state index contributed by atoms with van der Waals surface area (Å²) in [6.45, 7) is 3.16. The maximum atomic E-state index is 12.7. The van der Waals surface area contributed by atoms with Crippen LogP contribution in [0.2, 0.25) is 10.0 Å². The van der Waals surface area contributed by atoms with E-state index in [1.165, 1.54) is 9.87 Å². The van der Waals surface area contributed by atoms with E-state index in [1.807, 2.05) is 31.2 Å². The maximum Gasteiger partial charge on any atom is 0.223 e. The molecule has 0 atom stereocenters. The third kappa shape index (κ3) is 5.95. The Bertz CT molecular complexity index is 970. The maximum absolute atomic E-state index is 12.7. The van der Waals surface area contributed by atoms with Crippen LogP contribution in [0.25, 0.3) is 0 Å². The Morgan fingerprint density at radius 3 is 2.38 bits per heavy atom. The molecule has 0 unspecified atom stereocenters. The lowest BCUT2D eigenvalue weighted by atomic mass is 9.97. The molecule has 1 amide bonds. The number of carbonyl (C=O) groups is 1. The molecule has 0 aromatic heterocycles. The molecule has 1 heterocycles. The Labute approximate surface area is 182 Å². The van der Waals surface area contributed by atoms with Crippen molar-refractivity contribution in [1.29, 1.82) is 0 Å². The summed E-state index contributed by atoms with van der Waals surface area (Å²) >= 11 is 12.0. The summed E-state index contributed by atoms with van der Waals surface area (Å²) in [5.41, 5.74) is 2.74. The molecule has 5 nitrogen and oxygen atoms in total. The fraction of sp³-hybridized carbons (Fsp3) is 0.381. The molecule has 0 saturated carbocycles. The Hall–Kier alpha value is -1.60. The Balaban J connectivity index is 1.52. The van der Waals surface area contributed by atoms with Crippen molar-refractivity contribution in [3.05, 3.63) is 69.2 Å². The predicted octanol–water partition coefficient (Wildman–Crippen LogP) is 4.16. The van der Waals surface area contributed by atoms with Gasteiger partial charge in [-0.25, -0.2) is 12.7 Å². The number of nitrogens with zero attached hydrogens (tertiary/aromatic N) is 1. The average molecular weight is 455 g/mol. The number of aryl methyl sites for hydroxylation is 1. The number of rotatable bonds is 6. The summed E-state index contributed by atoms with van der Waals surface area (Å²) in [5.74, 6) is -0.373. The molecule has 0 radical (unpaired) electrons. The topological polar surface area (TPSA) is 66.5 Å². The fourth-order valence-corrected chi connectivity index (χ4v) is 5.51. The molecular weight excluding hydrogens is 431 g/mol. The highest BCUT2D eigenvalue weighted by molar-refractivity contribution is 7.88. The number of amides is 1. The lowest BCUT2D eigenvalue weighted by Gasteiger charge is -2.30. The highest BCUT2D eigenvalue weighted by Crippen LogP contribution is 2.26. The molecule has 0 spiro atoms. The fourth-order valence-electron chi connectivity index (χ4n) is 3.36. The van der Waals surface area contributed by atoms with Gasteiger partial charge in [0, 0.05) is 35.6 Å². The van der Waals surface area contributed by atoms with Gasteiger partial charge in [0.2, 0.25) is 15.9 Å². The summed E-state index contributed by atoms with van der Waals surface area (Å²) in [6, 6.07) is 12.8. The van der Waals surface area contributed by atoms with Crippen molar-refractivity contribution in [1.82, 2.24) is 9.62 Å². The molecule has 1 aliphatic rings. The minimum atomic E-state index is -3.51. The Morgan fingerprint density at radius 2 is 1.76 bits per heavy atom. The lowest BCUT2D eigenvalue weighted by molar-refractivity contribution is -0.126. The highest BCUT2D eigenvalue weighted by atomic mass is 35.5. The Kier molecular flexibility index (Phi) is 7.22. The molecule has 1 N–H and O–H groups in total. The standard InChI is InChI=1S/C21H24Cl2N2O3S/c1-15-2-4-16(5-3-15)13-24-21(26)17-8-10-25(11-9-17)29(27,28)14-18-6-7-19(22)12-20(18)23/h2-7,12,17H,8-11,13-14H2,1H3,(H,24,26). The van der Waals surface area contributed by atoms with Gasteiger partial charge in [0.1, 0.15) is 0 Å². The molecule has 2 aromatic rings. The average Bonchev–Trinajstić information content (AvgIpc) is 2.69. The lowest BCUT2D eigenvalue weighted by Crippen LogP contribution is -2.43. The molecular formula is C21H24Cl2N2O3S. The van der Waals surface area contributed by atoms with Crippen LogP contribution in [-0.4, -0.2) is 31.7 Å². The summed E-state index contributed by atoms with van der Waals surface area (Å²) in [6.07, 6.45) is 1.01. The zero-order valence-electron chi connectivity index (χ0n) is 16.2. The van der Waals surface area contributed by atoms with Gasteiger partial charge in [0.25, 0.3) is 0 Å². The molecule has 1 saturated heterocycles. The number of nitrogens with one attached hydrogen (secondary N) is 1. The van der Waals surface area contributed by atoms with Crippen molar-refractivity contribution in [3.8, 4) is 0 Å². The van der Waals surface area contributed by atoms with Gasteiger partial charge in [-0.3, -0.25) is 4.79 Å². The van der Waals surface area contributed by atoms with Gasteiger partial charge in [-0.1, -0.05) is 59.1 Å². The highest BCUT2D eigenvalue weighted by Gasteiger charge is 2.31. The van der Waals surface area contributed by atoms with E-state index < -0.39 is 10.0 Å². The van der Waals surface area contributed by atoms with E-state index in [-0.39, 0.29) is 17.6 Å². The molecule has 0 bridgehead atoms. The van der Waals surface area contributed by atoms with Gasteiger partial charge in [0.05, 0.1) is 5.75 Å². The van der Waals surface area contributed by atoms with Crippen molar-refractivity contribution >= 4 is 39.1 Å². The number of benzene rings is 2. The van der Waals surface area contributed by atoms with Crippen molar-refractivity contribution < 1.29 is 13.2 Å². The van der Waals surface area contributed by atoms with Crippen molar-refractivity contribution in [2.24, 2.45) is 5.92 Å². The summed E-state index contributed by atoms with van der Waals surface area (Å²) in [7, 11) is -3.51. The normalized spacial score (nSPS) is 16.0. The van der Waals surface area contributed by atoms with Crippen LogP contribution >= 0.6 is 23.2 Å². The van der Waals surface area contributed by atoms with Crippen molar-refractivity contribution in [3.63, 3.8) is 0 Å². The number of halogens is 2. The van der Waals surface area contributed by atoms with Crippen LogP contribution in [0, 0.1) is 12.8 Å². The van der Waals surface area contributed by atoms with Crippen LogP contribution in [0.1, 0.15) is 29.5 Å². The number of hydrogen-bond acceptors (Lipinski definition) is 3. The van der Waals surface area contributed by atoms with Crippen molar-refractivity contribution in [2.75, 3.05) is 13.1 Å². The van der Waals surface area contributed by atoms with Crippen LogP contribution in [0.4, 0.5) is 0 Å². The van der Waals surface area contributed by atoms with Gasteiger partial charge in [-0.15, -0.1) is 0 Å².